The van der Waals surface area contributed by atoms with Gasteiger partial charge in [-0.25, -0.2) is 4.79 Å². The first-order valence-electron chi connectivity index (χ1n) is 12.3. The summed E-state index contributed by atoms with van der Waals surface area (Å²) in [6.45, 7) is 3.68. The number of anilines is 2. The van der Waals surface area contributed by atoms with Gasteiger partial charge in [0.2, 0.25) is 5.91 Å². The first-order chi connectivity index (χ1) is 19.7. The van der Waals surface area contributed by atoms with E-state index in [4.69, 9.17) is 32.4 Å². The van der Waals surface area contributed by atoms with Crippen LogP contribution in [0.15, 0.2) is 87.1 Å². The third-order valence-corrected chi connectivity index (χ3v) is 7.32. The number of allylic oxidation sites excluding steroid dienone is 2. The van der Waals surface area contributed by atoms with Crippen LogP contribution < -0.4 is 16.0 Å². The van der Waals surface area contributed by atoms with Crippen molar-refractivity contribution in [3.8, 4) is 6.07 Å². The molecule has 2 aromatic carbocycles. The lowest BCUT2D eigenvalue weighted by atomic mass is 9.85. The molecule has 2 heterocycles. The van der Waals surface area contributed by atoms with Gasteiger partial charge in [-0.2, -0.15) is 5.26 Å². The highest BCUT2D eigenvalue weighted by Gasteiger charge is 2.36. The number of benzene rings is 2. The van der Waals surface area contributed by atoms with Crippen molar-refractivity contribution in [3.05, 3.63) is 104 Å². The van der Waals surface area contributed by atoms with Gasteiger partial charge in [-0.05, 0) is 68.4 Å². The quantitative estimate of drug-likeness (QED) is 0.235. The van der Waals surface area contributed by atoms with Gasteiger partial charge in [0.1, 0.15) is 5.76 Å². The van der Waals surface area contributed by atoms with Crippen LogP contribution in [0.25, 0.3) is 0 Å². The second kappa shape index (κ2) is 13.5. The third kappa shape index (κ3) is 7.32. The maximum absolute atomic E-state index is 13.5. The van der Waals surface area contributed by atoms with Crippen LogP contribution in [0.4, 0.5) is 11.4 Å². The van der Waals surface area contributed by atoms with Gasteiger partial charge in [0.15, 0.2) is 0 Å². The molecule has 0 bridgehead atoms. The number of dihydropyridines is 1. The molecule has 12 heteroatoms. The number of esters is 1. The number of nitriles is 1. The highest BCUT2D eigenvalue weighted by molar-refractivity contribution is 8.03. The average Bonchev–Trinajstić information content (AvgIpc) is 3.46. The standard InChI is InChI=1S/C29H24Cl2N4O5S/c1-3-39-29(38)17-6-8-20(9-7-17)35-27(37)25-16(2)33-28(22(14-32)26(25)23-5-4-10-40-23)41-15-24(36)34-21-12-18(30)11-19(31)13-21/h4-13,26,33H,3,15H2,1-2H3,(H,34,36)(H,35,37). The molecule has 210 valence electrons. The van der Waals surface area contributed by atoms with Crippen molar-refractivity contribution in [1.29, 1.82) is 5.26 Å². The minimum absolute atomic E-state index is 0.0376. The molecule has 0 fully saturated rings. The van der Waals surface area contributed by atoms with Crippen LogP contribution >= 0.6 is 35.0 Å². The molecular weight excluding hydrogens is 587 g/mol. The number of carbonyl (C=O) groups is 3. The Labute approximate surface area is 250 Å². The second-order valence-electron chi connectivity index (χ2n) is 8.71. The molecule has 41 heavy (non-hydrogen) atoms. The van der Waals surface area contributed by atoms with E-state index in [0.29, 0.717) is 43.5 Å². The van der Waals surface area contributed by atoms with Crippen LogP contribution in [0.3, 0.4) is 0 Å². The highest BCUT2D eigenvalue weighted by Crippen LogP contribution is 2.41. The van der Waals surface area contributed by atoms with E-state index >= 15 is 0 Å². The molecule has 4 rings (SSSR count). The molecule has 3 N–H and O–H groups in total. The molecule has 3 aromatic rings. The number of nitrogens with zero attached hydrogens (tertiary/aromatic N) is 1. The Morgan fingerprint density at radius 3 is 2.39 bits per heavy atom. The molecule has 0 saturated carbocycles. The van der Waals surface area contributed by atoms with E-state index in [1.165, 1.54) is 6.26 Å². The number of hydrogen-bond acceptors (Lipinski definition) is 8. The van der Waals surface area contributed by atoms with Crippen LogP contribution in [0.5, 0.6) is 0 Å². The van der Waals surface area contributed by atoms with Gasteiger partial charge in [-0.1, -0.05) is 35.0 Å². The SMILES string of the molecule is CCOC(=O)c1ccc(NC(=O)C2=C(C)NC(SCC(=O)Nc3cc(Cl)cc(Cl)c3)=C(C#N)C2c2ccco2)cc1. The Morgan fingerprint density at radius 2 is 1.78 bits per heavy atom. The lowest BCUT2D eigenvalue weighted by molar-refractivity contribution is -0.114. The van der Waals surface area contributed by atoms with E-state index in [1.807, 2.05) is 0 Å². The van der Waals surface area contributed by atoms with Gasteiger partial charge in [0.25, 0.3) is 5.91 Å². The molecule has 0 radical (unpaired) electrons. The Morgan fingerprint density at radius 1 is 1.07 bits per heavy atom. The van der Waals surface area contributed by atoms with E-state index in [1.54, 1.807) is 68.4 Å². The van der Waals surface area contributed by atoms with Gasteiger partial charge in [0.05, 0.1) is 52.3 Å². The van der Waals surface area contributed by atoms with E-state index in [9.17, 15) is 19.6 Å². The number of nitrogens with one attached hydrogen (secondary N) is 3. The first-order valence-corrected chi connectivity index (χ1v) is 14.1. The topological polar surface area (TPSA) is 133 Å². The number of thioether (sulfide) groups is 1. The molecule has 2 amide bonds. The number of amides is 2. The van der Waals surface area contributed by atoms with E-state index < -0.39 is 17.8 Å². The van der Waals surface area contributed by atoms with Crippen LogP contribution in [-0.4, -0.2) is 30.1 Å². The van der Waals surface area contributed by atoms with Crippen LogP contribution in [0.2, 0.25) is 10.0 Å². The number of ether oxygens (including phenoxy) is 1. The van der Waals surface area contributed by atoms with Crippen molar-refractivity contribution in [2.24, 2.45) is 0 Å². The summed E-state index contributed by atoms with van der Waals surface area (Å²) in [6.07, 6.45) is 1.46. The number of halogens is 2. The van der Waals surface area contributed by atoms with Crippen molar-refractivity contribution in [2.45, 2.75) is 19.8 Å². The number of carbonyl (C=O) groups excluding carboxylic acids is 3. The Hall–Kier alpha value is -4.17. The summed E-state index contributed by atoms with van der Waals surface area (Å²) in [5, 5.41) is 20.0. The Bertz CT molecular complexity index is 1560. The minimum Gasteiger partial charge on any atom is -0.468 e. The van der Waals surface area contributed by atoms with Crippen molar-refractivity contribution < 1.29 is 23.5 Å². The maximum atomic E-state index is 13.5. The number of hydrogen-bond donors (Lipinski definition) is 3. The lowest BCUT2D eigenvalue weighted by Crippen LogP contribution is -2.31. The number of rotatable bonds is 9. The second-order valence-corrected chi connectivity index (χ2v) is 10.6. The van der Waals surface area contributed by atoms with Gasteiger partial charge >= 0.3 is 5.97 Å². The molecule has 1 unspecified atom stereocenters. The molecule has 1 aliphatic heterocycles. The van der Waals surface area contributed by atoms with Crippen molar-refractivity contribution in [1.82, 2.24) is 5.32 Å². The summed E-state index contributed by atoms with van der Waals surface area (Å²) < 4.78 is 10.6. The zero-order chi connectivity index (χ0) is 29.5. The molecule has 1 atom stereocenters. The third-order valence-electron chi connectivity index (χ3n) is 5.87. The smallest absolute Gasteiger partial charge is 0.338 e. The van der Waals surface area contributed by atoms with Gasteiger partial charge in [-0.15, -0.1) is 0 Å². The van der Waals surface area contributed by atoms with Crippen LogP contribution in [-0.2, 0) is 14.3 Å². The van der Waals surface area contributed by atoms with E-state index in [-0.39, 0.29) is 29.4 Å². The minimum atomic E-state index is -0.827. The predicted molar refractivity (Wildman–Crippen MR) is 159 cm³/mol. The van der Waals surface area contributed by atoms with Gasteiger partial charge in [-0.3, -0.25) is 9.59 Å². The van der Waals surface area contributed by atoms with E-state index in [2.05, 4.69) is 22.0 Å². The summed E-state index contributed by atoms with van der Waals surface area (Å²) >= 11 is 13.1. The predicted octanol–water partition coefficient (Wildman–Crippen LogP) is 6.47. The molecular formula is C29H24Cl2N4O5S. The zero-order valence-corrected chi connectivity index (χ0v) is 24.2. The van der Waals surface area contributed by atoms with Crippen LogP contribution in [0, 0.1) is 11.3 Å². The fourth-order valence-electron chi connectivity index (χ4n) is 4.13. The van der Waals surface area contributed by atoms with Crippen molar-refractivity contribution in [2.75, 3.05) is 23.0 Å². The number of furan rings is 1. The summed E-state index contributed by atoms with van der Waals surface area (Å²) in [5.74, 6) is -1.74. The molecule has 1 aliphatic rings. The largest absolute Gasteiger partial charge is 0.468 e. The molecule has 9 nitrogen and oxygen atoms in total. The highest BCUT2D eigenvalue weighted by atomic mass is 35.5. The average molecular weight is 612 g/mol. The fourth-order valence-corrected chi connectivity index (χ4v) is 5.55. The first kappa shape index (κ1) is 29.8. The zero-order valence-electron chi connectivity index (χ0n) is 21.9. The Balaban J connectivity index is 1.54. The molecule has 1 aromatic heterocycles. The maximum Gasteiger partial charge on any atom is 0.338 e. The summed E-state index contributed by atoms with van der Waals surface area (Å²) in [7, 11) is 0. The normalized spacial score (nSPS) is 14.7. The Kier molecular flexibility index (Phi) is 9.78. The van der Waals surface area contributed by atoms with Crippen LogP contribution in [0.1, 0.15) is 35.9 Å². The molecule has 0 spiro atoms. The summed E-state index contributed by atoms with van der Waals surface area (Å²) in [6, 6.07) is 16.5. The van der Waals surface area contributed by atoms with Crippen molar-refractivity contribution >= 4 is 64.1 Å². The molecule has 0 aliphatic carbocycles. The lowest BCUT2D eigenvalue weighted by Gasteiger charge is -2.28. The summed E-state index contributed by atoms with van der Waals surface area (Å²) in [4.78, 5) is 38.1. The summed E-state index contributed by atoms with van der Waals surface area (Å²) in [5.41, 5.74) is 2.22. The van der Waals surface area contributed by atoms with Gasteiger partial charge in [0, 0.05) is 27.1 Å². The monoisotopic (exact) mass is 610 g/mol. The molecule has 0 saturated heterocycles. The van der Waals surface area contributed by atoms with Gasteiger partial charge < -0.3 is 25.1 Å². The fraction of sp³-hybridized carbons (Fsp3) is 0.172. The van der Waals surface area contributed by atoms with Crippen molar-refractivity contribution in [3.63, 3.8) is 0 Å². The van der Waals surface area contributed by atoms with E-state index in [0.717, 1.165) is 11.8 Å².